The maximum absolute atomic E-state index is 5.82. The van der Waals surface area contributed by atoms with Gasteiger partial charge in [0.1, 0.15) is 18.1 Å². The number of benzene rings is 1. The molecule has 0 spiro atoms. The van der Waals surface area contributed by atoms with Gasteiger partial charge in [0.2, 0.25) is 0 Å². The van der Waals surface area contributed by atoms with Gasteiger partial charge in [0.25, 0.3) is 0 Å². The highest BCUT2D eigenvalue weighted by molar-refractivity contribution is 9.10. The van der Waals surface area contributed by atoms with Crippen molar-refractivity contribution in [2.75, 3.05) is 13.7 Å². The molecular formula is C10H12BrNO2. The summed E-state index contributed by atoms with van der Waals surface area (Å²) in [7, 11) is 1.65. The Bertz CT molecular complexity index is 354. The fourth-order valence-corrected chi connectivity index (χ4v) is 2.23. The SMILES string of the molecule is COc1ccc2c(c1Br)CC(N)CO2. The van der Waals surface area contributed by atoms with E-state index >= 15 is 0 Å². The molecular weight excluding hydrogens is 246 g/mol. The molecule has 1 unspecified atom stereocenters. The lowest BCUT2D eigenvalue weighted by Crippen LogP contribution is -2.34. The number of halogens is 1. The smallest absolute Gasteiger partial charge is 0.133 e. The summed E-state index contributed by atoms with van der Waals surface area (Å²) in [6, 6.07) is 3.88. The van der Waals surface area contributed by atoms with E-state index in [1.54, 1.807) is 7.11 Å². The first-order valence-electron chi connectivity index (χ1n) is 4.46. The maximum Gasteiger partial charge on any atom is 0.133 e. The minimum absolute atomic E-state index is 0.0749. The molecule has 0 saturated heterocycles. The molecule has 0 bridgehead atoms. The fraction of sp³-hybridized carbons (Fsp3) is 0.400. The molecule has 2 N–H and O–H groups in total. The first kappa shape index (κ1) is 9.80. The molecule has 2 rings (SSSR count). The molecule has 0 saturated carbocycles. The Labute approximate surface area is 91.3 Å². The predicted molar refractivity (Wildman–Crippen MR) is 57.9 cm³/mol. The van der Waals surface area contributed by atoms with E-state index in [1.165, 1.54) is 0 Å². The molecule has 4 heteroatoms. The molecule has 0 aromatic heterocycles. The van der Waals surface area contributed by atoms with Crippen molar-refractivity contribution < 1.29 is 9.47 Å². The Morgan fingerprint density at radius 3 is 3.07 bits per heavy atom. The van der Waals surface area contributed by atoms with Crippen LogP contribution in [0.3, 0.4) is 0 Å². The van der Waals surface area contributed by atoms with E-state index in [-0.39, 0.29) is 6.04 Å². The summed E-state index contributed by atoms with van der Waals surface area (Å²) in [6.45, 7) is 0.589. The summed E-state index contributed by atoms with van der Waals surface area (Å²) < 4.78 is 11.7. The number of hydrogen-bond donors (Lipinski definition) is 1. The fourth-order valence-electron chi connectivity index (χ4n) is 1.58. The summed E-state index contributed by atoms with van der Waals surface area (Å²) in [5.74, 6) is 1.72. The molecule has 1 aliphatic rings. The zero-order valence-corrected chi connectivity index (χ0v) is 9.50. The third-order valence-corrected chi connectivity index (χ3v) is 3.17. The van der Waals surface area contributed by atoms with Crippen LogP contribution < -0.4 is 15.2 Å². The second-order valence-corrected chi connectivity index (χ2v) is 4.13. The van der Waals surface area contributed by atoms with Crippen LogP contribution in [0.2, 0.25) is 0 Å². The number of fused-ring (bicyclic) bond motifs is 1. The zero-order valence-electron chi connectivity index (χ0n) is 7.92. The van der Waals surface area contributed by atoms with Crippen molar-refractivity contribution in [2.24, 2.45) is 5.73 Å². The Balaban J connectivity index is 2.45. The molecule has 14 heavy (non-hydrogen) atoms. The molecule has 76 valence electrons. The van der Waals surface area contributed by atoms with Crippen molar-refractivity contribution in [2.45, 2.75) is 12.5 Å². The van der Waals surface area contributed by atoms with Crippen LogP contribution in [0.5, 0.6) is 11.5 Å². The largest absolute Gasteiger partial charge is 0.496 e. The summed E-state index contributed by atoms with van der Waals surface area (Å²) in [6.07, 6.45) is 0.827. The average Bonchev–Trinajstić information content (AvgIpc) is 2.20. The standard InChI is InChI=1S/C10H12BrNO2/c1-13-9-3-2-8-7(10(9)11)4-6(12)5-14-8/h2-3,6H,4-5,12H2,1H3. The van der Waals surface area contributed by atoms with Gasteiger partial charge in [-0.05, 0) is 34.5 Å². The highest BCUT2D eigenvalue weighted by Crippen LogP contribution is 2.37. The van der Waals surface area contributed by atoms with Crippen LogP contribution in [0.15, 0.2) is 16.6 Å². The average molecular weight is 258 g/mol. The monoisotopic (exact) mass is 257 g/mol. The van der Waals surface area contributed by atoms with Crippen LogP contribution >= 0.6 is 15.9 Å². The first-order valence-corrected chi connectivity index (χ1v) is 5.25. The third-order valence-electron chi connectivity index (χ3n) is 2.30. The van der Waals surface area contributed by atoms with Gasteiger partial charge in [-0.2, -0.15) is 0 Å². The molecule has 0 radical (unpaired) electrons. The van der Waals surface area contributed by atoms with Crippen LogP contribution in [-0.2, 0) is 6.42 Å². The van der Waals surface area contributed by atoms with Gasteiger partial charge in [-0.1, -0.05) is 0 Å². The zero-order chi connectivity index (χ0) is 10.1. The molecule has 1 aromatic rings. The van der Waals surface area contributed by atoms with Crippen molar-refractivity contribution in [3.05, 3.63) is 22.2 Å². The van der Waals surface area contributed by atoms with Gasteiger partial charge >= 0.3 is 0 Å². The van der Waals surface area contributed by atoms with Crippen LogP contribution in [0.4, 0.5) is 0 Å². The molecule has 1 aromatic carbocycles. The Morgan fingerprint density at radius 1 is 1.57 bits per heavy atom. The van der Waals surface area contributed by atoms with E-state index in [1.807, 2.05) is 12.1 Å². The molecule has 0 fully saturated rings. The van der Waals surface area contributed by atoms with Gasteiger partial charge in [-0.15, -0.1) is 0 Å². The first-order chi connectivity index (χ1) is 6.72. The predicted octanol–water partition coefficient (Wildman–Crippen LogP) is 1.72. The van der Waals surface area contributed by atoms with E-state index in [2.05, 4.69) is 15.9 Å². The quantitative estimate of drug-likeness (QED) is 0.834. The van der Waals surface area contributed by atoms with Gasteiger partial charge in [-0.25, -0.2) is 0 Å². The number of rotatable bonds is 1. The van der Waals surface area contributed by atoms with E-state index in [0.29, 0.717) is 6.61 Å². The molecule has 1 heterocycles. The molecule has 3 nitrogen and oxygen atoms in total. The normalized spacial score (nSPS) is 19.8. The Morgan fingerprint density at radius 2 is 2.36 bits per heavy atom. The molecule has 0 amide bonds. The molecule has 0 aliphatic carbocycles. The van der Waals surface area contributed by atoms with Crippen LogP contribution in [0, 0.1) is 0 Å². The lowest BCUT2D eigenvalue weighted by molar-refractivity contribution is 0.262. The second kappa shape index (κ2) is 3.79. The third kappa shape index (κ3) is 1.60. The summed E-state index contributed by atoms with van der Waals surface area (Å²) >= 11 is 3.49. The number of methoxy groups -OCH3 is 1. The van der Waals surface area contributed by atoms with Gasteiger partial charge in [0.15, 0.2) is 0 Å². The van der Waals surface area contributed by atoms with Crippen molar-refractivity contribution in [3.63, 3.8) is 0 Å². The summed E-state index contributed by atoms with van der Waals surface area (Å²) in [5.41, 5.74) is 6.92. The minimum atomic E-state index is 0.0749. The highest BCUT2D eigenvalue weighted by Gasteiger charge is 2.20. The Hall–Kier alpha value is -0.740. The highest BCUT2D eigenvalue weighted by atomic mass is 79.9. The van der Waals surface area contributed by atoms with Crippen LogP contribution in [-0.4, -0.2) is 19.8 Å². The lowest BCUT2D eigenvalue weighted by atomic mass is 10.0. The van der Waals surface area contributed by atoms with E-state index in [0.717, 1.165) is 28.0 Å². The van der Waals surface area contributed by atoms with Crippen molar-refractivity contribution in [1.82, 2.24) is 0 Å². The lowest BCUT2D eigenvalue weighted by Gasteiger charge is -2.24. The summed E-state index contributed by atoms with van der Waals surface area (Å²) in [5, 5.41) is 0. The van der Waals surface area contributed by atoms with Crippen LogP contribution in [0.25, 0.3) is 0 Å². The Kier molecular flexibility index (Phi) is 2.65. The molecule has 1 atom stereocenters. The second-order valence-electron chi connectivity index (χ2n) is 3.33. The number of hydrogen-bond acceptors (Lipinski definition) is 3. The van der Waals surface area contributed by atoms with E-state index in [9.17, 15) is 0 Å². The van der Waals surface area contributed by atoms with Gasteiger partial charge in [0.05, 0.1) is 11.6 Å². The van der Waals surface area contributed by atoms with Gasteiger partial charge in [-0.3, -0.25) is 0 Å². The van der Waals surface area contributed by atoms with E-state index in [4.69, 9.17) is 15.2 Å². The number of ether oxygens (including phenoxy) is 2. The van der Waals surface area contributed by atoms with Crippen molar-refractivity contribution in [1.29, 1.82) is 0 Å². The van der Waals surface area contributed by atoms with Gasteiger partial charge < -0.3 is 15.2 Å². The maximum atomic E-state index is 5.82. The molecule has 1 aliphatic heterocycles. The van der Waals surface area contributed by atoms with E-state index < -0.39 is 0 Å². The topological polar surface area (TPSA) is 44.5 Å². The van der Waals surface area contributed by atoms with Crippen molar-refractivity contribution in [3.8, 4) is 11.5 Å². The van der Waals surface area contributed by atoms with Gasteiger partial charge in [0, 0.05) is 11.6 Å². The van der Waals surface area contributed by atoms with Crippen LogP contribution in [0.1, 0.15) is 5.56 Å². The minimum Gasteiger partial charge on any atom is -0.496 e. The number of nitrogens with two attached hydrogens (primary N) is 1. The van der Waals surface area contributed by atoms with Crippen molar-refractivity contribution >= 4 is 15.9 Å². The summed E-state index contributed by atoms with van der Waals surface area (Å²) in [4.78, 5) is 0.